The van der Waals surface area contributed by atoms with E-state index in [9.17, 15) is 4.39 Å². The van der Waals surface area contributed by atoms with Crippen LogP contribution in [0.15, 0.2) is 18.2 Å². The van der Waals surface area contributed by atoms with Crippen molar-refractivity contribution in [2.45, 2.75) is 37.6 Å². The Morgan fingerprint density at radius 3 is 2.69 bits per heavy atom. The highest BCUT2D eigenvalue weighted by Crippen LogP contribution is 2.35. The third-order valence-corrected chi connectivity index (χ3v) is 4.01. The molecule has 1 nitrogen and oxygen atoms in total. The zero-order valence-corrected chi connectivity index (χ0v) is 11.3. The van der Waals surface area contributed by atoms with Crippen LogP contribution in [0.2, 0.25) is 0 Å². The maximum absolute atomic E-state index is 14.0. The second kappa shape index (κ2) is 4.36. The number of anilines is 1. The highest BCUT2D eigenvalue weighted by molar-refractivity contribution is 9.08. The molecule has 2 rings (SSSR count). The van der Waals surface area contributed by atoms with Crippen LogP contribution in [-0.4, -0.2) is 12.1 Å². The zero-order chi connectivity index (χ0) is 11.8. The number of halogens is 2. The van der Waals surface area contributed by atoms with Crippen molar-refractivity contribution in [3.63, 3.8) is 0 Å². The van der Waals surface area contributed by atoms with Gasteiger partial charge in [0.05, 0.1) is 5.69 Å². The summed E-state index contributed by atoms with van der Waals surface area (Å²) in [5, 5.41) is 0.702. The summed E-state index contributed by atoms with van der Waals surface area (Å²) in [5.74, 6) is -0.105. The number of rotatable bonds is 2. The molecule has 1 aliphatic heterocycles. The van der Waals surface area contributed by atoms with E-state index in [1.54, 1.807) is 6.07 Å². The number of benzene rings is 1. The van der Waals surface area contributed by atoms with Crippen LogP contribution < -0.4 is 4.90 Å². The first-order chi connectivity index (χ1) is 7.54. The molecule has 88 valence electrons. The van der Waals surface area contributed by atoms with Crippen LogP contribution in [-0.2, 0) is 5.33 Å². The molecular formula is C13H17BrFN. The largest absolute Gasteiger partial charge is 0.364 e. The van der Waals surface area contributed by atoms with Gasteiger partial charge in [0.25, 0.3) is 0 Å². The van der Waals surface area contributed by atoms with E-state index in [0.717, 1.165) is 30.6 Å². The van der Waals surface area contributed by atoms with Gasteiger partial charge in [-0.2, -0.15) is 0 Å². The van der Waals surface area contributed by atoms with Gasteiger partial charge in [-0.25, -0.2) is 4.39 Å². The van der Waals surface area contributed by atoms with Crippen LogP contribution >= 0.6 is 15.9 Å². The molecule has 3 heteroatoms. The molecule has 1 aliphatic rings. The van der Waals surface area contributed by atoms with E-state index >= 15 is 0 Å². The first kappa shape index (κ1) is 11.9. The van der Waals surface area contributed by atoms with Gasteiger partial charge in [-0.15, -0.1) is 0 Å². The predicted molar refractivity (Wildman–Crippen MR) is 69.7 cm³/mol. The Kier molecular flexibility index (Phi) is 3.24. The Labute approximate surface area is 105 Å². The molecule has 0 bridgehead atoms. The Morgan fingerprint density at radius 2 is 2.19 bits per heavy atom. The van der Waals surface area contributed by atoms with Crippen LogP contribution in [0.4, 0.5) is 10.1 Å². The molecule has 0 amide bonds. The molecule has 0 unspecified atom stereocenters. The molecule has 0 aromatic heterocycles. The molecule has 0 saturated carbocycles. The van der Waals surface area contributed by atoms with Gasteiger partial charge in [0.2, 0.25) is 0 Å². The van der Waals surface area contributed by atoms with E-state index in [1.807, 2.05) is 12.1 Å². The molecule has 1 fully saturated rings. The summed E-state index contributed by atoms with van der Waals surface area (Å²) in [4.78, 5) is 2.18. The summed E-state index contributed by atoms with van der Waals surface area (Å²) in [6.45, 7) is 5.31. The molecule has 1 saturated heterocycles. The van der Waals surface area contributed by atoms with E-state index < -0.39 is 0 Å². The molecule has 0 spiro atoms. The van der Waals surface area contributed by atoms with E-state index in [-0.39, 0.29) is 11.4 Å². The van der Waals surface area contributed by atoms with Crippen molar-refractivity contribution in [2.24, 2.45) is 0 Å². The number of alkyl halides is 1. The maximum Gasteiger partial charge on any atom is 0.146 e. The topological polar surface area (TPSA) is 3.24 Å². The minimum atomic E-state index is -0.105. The zero-order valence-electron chi connectivity index (χ0n) is 9.76. The van der Waals surface area contributed by atoms with E-state index in [0.29, 0.717) is 5.33 Å². The molecule has 0 aliphatic carbocycles. The van der Waals surface area contributed by atoms with Crippen molar-refractivity contribution in [3.05, 3.63) is 29.6 Å². The average Bonchev–Trinajstić information content (AvgIpc) is 2.58. The lowest BCUT2D eigenvalue weighted by Gasteiger charge is -2.34. The lowest BCUT2D eigenvalue weighted by Crippen LogP contribution is -2.38. The summed E-state index contributed by atoms with van der Waals surface area (Å²) in [6, 6.07) is 5.51. The number of hydrogen-bond acceptors (Lipinski definition) is 1. The number of nitrogens with zero attached hydrogens (tertiary/aromatic N) is 1. The predicted octanol–water partition coefficient (Wildman–Crippen LogP) is 4.10. The van der Waals surface area contributed by atoms with Crippen molar-refractivity contribution < 1.29 is 4.39 Å². The van der Waals surface area contributed by atoms with Gasteiger partial charge in [-0.1, -0.05) is 22.0 Å². The molecule has 1 aromatic carbocycles. The van der Waals surface area contributed by atoms with Gasteiger partial charge in [0.15, 0.2) is 0 Å². The quantitative estimate of drug-likeness (QED) is 0.740. The summed E-state index contributed by atoms with van der Waals surface area (Å²) >= 11 is 3.34. The normalized spacial score (nSPS) is 19.1. The van der Waals surface area contributed by atoms with Gasteiger partial charge in [0, 0.05) is 17.4 Å². The van der Waals surface area contributed by atoms with E-state index in [2.05, 4.69) is 34.7 Å². The summed E-state index contributed by atoms with van der Waals surface area (Å²) < 4.78 is 14.0. The molecule has 0 atom stereocenters. The van der Waals surface area contributed by atoms with Crippen LogP contribution in [0.25, 0.3) is 0 Å². The molecule has 0 radical (unpaired) electrons. The standard InChI is InChI=1S/C13H17BrFN/c1-13(2)6-3-7-16(13)12-5-4-10(9-14)8-11(12)15/h4-5,8H,3,6-7,9H2,1-2H3. The summed E-state index contributed by atoms with van der Waals surface area (Å²) in [5.41, 5.74) is 1.81. The van der Waals surface area contributed by atoms with Crippen molar-refractivity contribution >= 4 is 21.6 Å². The lowest BCUT2D eigenvalue weighted by atomic mass is 10.0. The third-order valence-electron chi connectivity index (χ3n) is 3.36. The first-order valence-electron chi connectivity index (χ1n) is 5.66. The number of hydrogen-bond donors (Lipinski definition) is 0. The highest BCUT2D eigenvalue weighted by atomic mass is 79.9. The van der Waals surface area contributed by atoms with Gasteiger partial charge in [-0.3, -0.25) is 0 Å². The Bertz CT molecular complexity index is 390. The molecule has 16 heavy (non-hydrogen) atoms. The second-order valence-corrected chi connectivity index (χ2v) is 5.55. The smallest absolute Gasteiger partial charge is 0.146 e. The third kappa shape index (κ3) is 2.10. The van der Waals surface area contributed by atoms with Gasteiger partial charge in [-0.05, 0) is 44.4 Å². The van der Waals surface area contributed by atoms with Crippen LogP contribution in [0, 0.1) is 5.82 Å². The summed E-state index contributed by atoms with van der Waals surface area (Å²) in [6.07, 6.45) is 2.28. The fourth-order valence-electron chi connectivity index (χ4n) is 2.41. The minimum absolute atomic E-state index is 0.0801. The second-order valence-electron chi connectivity index (χ2n) is 4.99. The SMILES string of the molecule is CC1(C)CCCN1c1ccc(CBr)cc1F. The van der Waals surface area contributed by atoms with E-state index in [1.165, 1.54) is 0 Å². The maximum atomic E-state index is 14.0. The van der Waals surface area contributed by atoms with Crippen molar-refractivity contribution in [1.82, 2.24) is 0 Å². The van der Waals surface area contributed by atoms with Crippen LogP contribution in [0.5, 0.6) is 0 Å². The Hall–Kier alpha value is -0.570. The summed E-state index contributed by atoms with van der Waals surface area (Å²) in [7, 11) is 0. The van der Waals surface area contributed by atoms with Crippen LogP contribution in [0.1, 0.15) is 32.3 Å². The first-order valence-corrected chi connectivity index (χ1v) is 6.79. The highest BCUT2D eigenvalue weighted by Gasteiger charge is 2.33. The monoisotopic (exact) mass is 285 g/mol. The fraction of sp³-hybridized carbons (Fsp3) is 0.538. The van der Waals surface area contributed by atoms with Crippen molar-refractivity contribution in [3.8, 4) is 0 Å². The van der Waals surface area contributed by atoms with Gasteiger partial charge < -0.3 is 4.90 Å². The molecule has 1 aromatic rings. The molecule has 0 N–H and O–H groups in total. The Balaban J connectivity index is 2.34. The van der Waals surface area contributed by atoms with Gasteiger partial charge >= 0.3 is 0 Å². The lowest BCUT2D eigenvalue weighted by molar-refractivity contribution is 0.506. The van der Waals surface area contributed by atoms with Crippen molar-refractivity contribution in [2.75, 3.05) is 11.4 Å². The fourth-order valence-corrected chi connectivity index (χ4v) is 2.76. The van der Waals surface area contributed by atoms with Gasteiger partial charge in [0.1, 0.15) is 5.82 Å². The van der Waals surface area contributed by atoms with Crippen LogP contribution in [0.3, 0.4) is 0 Å². The van der Waals surface area contributed by atoms with Crippen molar-refractivity contribution in [1.29, 1.82) is 0 Å². The Morgan fingerprint density at radius 1 is 1.44 bits per heavy atom. The van der Waals surface area contributed by atoms with E-state index in [4.69, 9.17) is 0 Å². The minimum Gasteiger partial charge on any atom is -0.364 e. The molecular weight excluding hydrogens is 269 g/mol. The average molecular weight is 286 g/mol. The molecule has 1 heterocycles.